The van der Waals surface area contributed by atoms with Gasteiger partial charge >= 0.3 is 87.2 Å². The molecule has 0 aliphatic carbocycles. The zero-order valence-corrected chi connectivity index (χ0v) is 12.7. The van der Waals surface area contributed by atoms with Gasteiger partial charge in [-0.25, -0.2) is 0 Å². The molecule has 3 heteroatoms. The molecule has 0 saturated heterocycles. The zero-order chi connectivity index (χ0) is 9.26. The molecule has 2 aromatic rings. The van der Waals surface area contributed by atoms with Crippen LogP contribution in [0.3, 0.4) is 0 Å². The predicted molar refractivity (Wildman–Crippen MR) is 60.5 cm³/mol. The maximum absolute atomic E-state index is 5.16. The Morgan fingerprint density at radius 1 is 1.00 bits per heavy atom. The fourth-order valence-corrected chi connectivity index (χ4v) is 2.11. The summed E-state index contributed by atoms with van der Waals surface area (Å²) in [5, 5.41) is 2.54. The third kappa shape index (κ3) is 2.34. The second kappa shape index (κ2) is 4.90. The van der Waals surface area contributed by atoms with Gasteiger partial charge in [0.25, 0.3) is 0 Å². The summed E-state index contributed by atoms with van der Waals surface area (Å²) < 4.78 is 6.57. The van der Waals surface area contributed by atoms with Crippen LogP contribution in [0.15, 0.2) is 36.4 Å². The van der Waals surface area contributed by atoms with Crippen LogP contribution in [0.5, 0.6) is 5.75 Å². The molecule has 0 bridgehead atoms. The molecule has 0 N–H and O–H groups in total. The van der Waals surface area contributed by atoms with Crippen molar-refractivity contribution in [1.29, 1.82) is 0 Å². The van der Waals surface area contributed by atoms with E-state index in [9.17, 15) is 0 Å². The molecular weight excluding hydrogens is 293 g/mol. The van der Waals surface area contributed by atoms with E-state index in [1.54, 1.807) is 7.11 Å². The average molecular weight is 303 g/mol. The molecule has 0 fully saturated rings. The fourth-order valence-electron chi connectivity index (χ4n) is 1.40. The molecule has 0 aliphatic heterocycles. The number of rotatable bonds is 1. The summed E-state index contributed by atoms with van der Waals surface area (Å²) in [7, 11) is 1.70. The number of methoxy groups -OCH3 is 1. The first-order valence-electron chi connectivity index (χ1n) is 4.19. The van der Waals surface area contributed by atoms with Crippen molar-refractivity contribution < 1.29 is 23.0 Å². The summed E-state index contributed by atoms with van der Waals surface area (Å²) in [6.07, 6.45) is 0. The van der Waals surface area contributed by atoms with E-state index >= 15 is 0 Å². The summed E-state index contributed by atoms with van der Waals surface area (Å²) >= 11 is 1.21. The second-order valence-corrected chi connectivity index (χ2v) is 4.76. The van der Waals surface area contributed by atoms with E-state index in [1.807, 2.05) is 6.07 Å². The minimum atomic E-state index is 0. The van der Waals surface area contributed by atoms with Crippen molar-refractivity contribution in [1.82, 2.24) is 0 Å². The van der Waals surface area contributed by atoms with Gasteiger partial charge in [-0.15, -0.1) is 17.0 Å². The van der Waals surface area contributed by atoms with Crippen LogP contribution in [0.25, 0.3) is 10.8 Å². The van der Waals surface area contributed by atoms with Gasteiger partial charge in [0.2, 0.25) is 0 Å². The van der Waals surface area contributed by atoms with Gasteiger partial charge in [0.1, 0.15) is 0 Å². The van der Waals surface area contributed by atoms with Gasteiger partial charge in [0.05, 0.1) is 0 Å². The van der Waals surface area contributed by atoms with Crippen LogP contribution >= 0.6 is 17.0 Å². The maximum atomic E-state index is 5.16. The van der Waals surface area contributed by atoms with Gasteiger partial charge in [-0.1, -0.05) is 0 Å². The Morgan fingerprint density at radius 2 is 1.64 bits per heavy atom. The molecule has 0 aromatic heterocycles. The van der Waals surface area contributed by atoms with E-state index in [0.717, 1.165) is 5.75 Å². The minimum absolute atomic E-state index is 0. The van der Waals surface area contributed by atoms with Crippen LogP contribution in [0.4, 0.5) is 0 Å². The first-order valence-corrected chi connectivity index (χ1v) is 5.68. The summed E-state index contributed by atoms with van der Waals surface area (Å²) in [5.74, 6) is 0.923. The quantitative estimate of drug-likeness (QED) is 0.736. The summed E-state index contributed by atoms with van der Waals surface area (Å²) in [6, 6.07) is 12.7. The van der Waals surface area contributed by atoms with Gasteiger partial charge < -0.3 is 0 Å². The fraction of sp³-hybridized carbons (Fsp3) is 0.0909. The normalized spacial score (nSPS) is 9.64. The Labute approximate surface area is 104 Å². The molecule has 14 heavy (non-hydrogen) atoms. The van der Waals surface area contributed by atoms with Crippen molar-refractivity contribution in [2.24, 2.45) is 0 Å². The molecule has 1 nitrogen and oxygen atoms in total. The van der Waals surface area contributed by atoms with E-state index in [1.165, 1.54) is 33.2 Å². The van der Waals surface area contributed by atoms with Gasteiger partial charge in [0, 0.05) is 0 Å². The second-order valence-electron chi connectivity index (χ2n) is 3.05. The third-order valence-corrected chi connectivity index (χ3v) is 3.03. The molecule has 0 atom stereocenters. The molecule has 0 radical (unpaired) electrons. The number of ether oxygens (including phenoxy) is 1. The van der Waals surface area contributed by atoms with Gasteiger partial charge in [-0.2, -0.15) is 0 Å². The van der Waals surface area contributed by atoms with Gasteiger partial charge in [-0.3, -0.25) is 0 Å². The van der Waals surface area contributed by atoms with Crippen LogP contribution in [0.2, 0.25) is 0 Å². The topological polar surface area (TPSA) is 9.23 Å². The van der Waals surface area contributed by atoms with E-state index in [0.29, 0.717) is 0 Å². The van der Waals surface area contributed by atoms with Crippen LogP contribution in [-0.2, 0) is 18.3 Å². The molecule has 69 valence electrons. The first kappa shape index (κ1) is 11.7. The van der Waals surface area contributed by atoms with E-state index in [-0.39, 0.29) is 17.0 Å². The van der Waals surface area contributed by atoms with Crippen molar-refractivity contribution in [2.75, 3.05) is 7.11 Å². The van der Waals surface area contributed by atoms with Crippen LogP contribution < -0.4 is 8.89 Å². The van der Waals surface area contributed by atoms with Crippen molar-refractivity contribution in [3.63, 3.8) is 0 Å². The average Bonchev–Trinajstić information content (AvgIpc) is 2.17. The Kier molecular flexibility index (Phi) is 4.09. The number of hydrogen-bond donors (Lipinski definition) is 0. The molecule has 0 heterocycles. The molecule has 0 aliphatic rings. The van der Waals surface area contributed by atoms with Crippen molar-refractivity contribution in [3.8, 4) is 5.75 Å². The van der Waals surface area contributed by atoms with E-state index in [2.05, 4.69) is 30.3 Å². The molecule has 2 rings (SSSR count). The van der Waals surface area contributed by atoms with E-state index in [4.69, 9.17) is 4.74 Å². The molecule has 0 unspecified atom stereocenters. The Hall–Kier alpha value is -0.397. The summed E-state index contributed by atoms with van der Waals surface area (Å²) in [6.45, 7) is 0. The van der Waals surface area contributed by atoms with Gasteiger partial charge in [-0.05, 0) is 0 Å². The Balaban J connectivity index is 0.000000980. The third-order valence-electron chi connectivity index (χ3n) is 2.11. The monoisotopic (exact) mass is 301 g/mol. The molecule has 0 amide bonds. The van der Waals surface area contributed by atoms with Crippen molar-refractivity contribution >= 4 is 31.9 Å². The van der Waals surface area contributed by atoms with Crippen LogP contribution in [-0.4, -0.2) is 7.11 Å². The summed E-state index contributed by atoms with van der Waals surface area (Å²) in [4.78, 5) is 0. The SMILES string of the molecule is Br.COc1ccc2c[c]([Zn])ccc2c1. The van der Waals surface area contributed by atoms with Gasteiger partial charge in [0.15, 0.2) is 0 Å². The molecule has 0 spiro atoms. The molecular formula is C11H10BrOZn. The van der Waals surface area contributed by atoms with Crippen LogP contribution in [0.1, 0.15) is 0 Å². The Bertz CT molecular complexity index is 442. The zero-order valence-electron chi connectivity index (χ0n) is 7.99. The van der Waals surface area contributed by atoms with E-state index < -0.39 is 0 Å². The first-order chi connectivity index (χ1) is 6.29. The Morgan fingerprint density at radius 3 is 2.36 bits per heavy atom. The number of halogens is 1. The molecule has 2 aromatic carbocycles. The number of hydrogen-bond acceptors (Lipinski definition) is 1. The number of benzene rings is 2. The van der Waals surface area contributed by atoms with Crippen LogP contribution in [0, 0.1) is 0 Å². The van der Waals surface area contributed by atoms with Crippen molar-refractivity contribution in [3.05, 3.63) is 36.4 Å². The predicted octanol–water partition coefficient (Wildman–Crippen LogP) is 2.60. The van der Waals surface area contributed by atoms with Crippen molar-refractivity contribution in [2.45, 2.75) is 0 Å². The summed E-state index contributed by atoms with van der Waals surface area (Å²) in [5.41, 5.74) is 0. The molecule has 0 saturated carbocycles. The standard InChI is InChI=1S/C11H9O.BrH.Zn/c1-12-11-7-6-9-4-2-3-5-10(9)8-11;;/h3-8H,1H3;1H;. The number of fused-ring (bicyclic) bond motifs is 1.